The van der Waals surface area contributed by atoms with Gasteiger partial charge in [-0.15, -0.1) is 0 Å². The van der Waals surface area contributed by atoms with E-state index >= 15 is 0 Å². The highest BCUT2D eigenvalue weighted by atomic mass is 16.5. The van der Waals surface area contributed by atoms with E-state index in [0.29, 0.717) is 12.2 Å². The number of carbonyl (C=O) groups is 1. The van der Waals surface area contributed by atoms with Crippen LogP contribution in [0.4, 0.5) is 5.69 Å². The third-order valence-electron chi connectivity index (χ3n) is 4.96. The molecule has 0 aliphatic carbocycles. The Morgan fingerprint density at radius 3 is 2.62 bits per heavy atom. The van der Waals surface area contributed by atoms with E-state index in [1.165, 1.54) is 10.9 Å². The minimum atomic E-state index is -0.310. The van der Waals surface area contributed by atoms with Crippen LogP contribution in [-0.2, 0) is 4.74 Å². The molecule has 0 saturated carbocycles. The number of benzene rings is 2. The Kier molecular flexibility index (Phi) is 5.29. The highest BCUT2D eigenvalue weighted by Crippen LogP contribution is 2.34. The lowest BCUT2D eigenvalue weighted by Crippen LogP contribution is -2.14. The molecule has 5 heteroatoms. The molecular weight excluding hydrogens is 362 g/mol. The fraction of sp³-hybridized carbons (Fsp3) is 0.167. The minimum absolute atomic E-state index is 0.0895. The van der Waals surface area contributed by atoms with Gasteiger partial charge in [0.15, 0.2) is 0 Å². The molecule has 0 amide bonds. The number of aryl methyl sites for hydroxylation is 1. The summed E-state index contributed by atoms with van der Waals surface area (Å²) in [7, 11) is 0. The largest absolute Gasteiger partial charge is 0.462 e. The van der Waals surface area contributed by atoms with Crippen LogP contribution in [-0.4, -0.2) is 22.5 Å². The fourth-order valence-corrected chi connectivity index (χ4v) is 3.62. The van der Waals surface area contributed by atoms with Crippen molar-refractivity contribution >= 4 is 22.6 Å². The van der Waals surface area contributed by atoms with Crippen molar-refractivity contribution in [3.63, 3.8) is 0 Å². The summed E-state index contributed by atoms with van der Waals surface area (Å²) in [5, 5.41) is 4.79. The normalized spacial score (nSPS) is 11.9. The molecule has 4 rings (SSSR count). The minimum Gasteiger partial charge on any atom is -0.462 e. The number of aromatic amines is 1. The van der Waals surface area contributed by atoms with Crippen LogP contribution >= 0.6 is 0 Å². The SMILES string of the molecule is CCOC(=O)c1ccc(N[C@@H](c2cccnc2)c2c(C)[nH]c3ccccc23)cc1. The maximum absolute atomic E-state index is 11.9. The zero-order valence-corrected chi connectivity index (χ0v) is 16.5. The third kappa shape index (κ3) is 3.85. The summed E-state index contributed by atoms with van der Waals surface area (Å²) in [4.78, 5) is 19.7. The van der Waals surface area contributed by atoms with Gasteiger partial charge in [0.1, 0.15) is 0 Å². The number of esters is 1. The number of H-pyrrole nitrogens is 1. The lowest BCUT2D eigenvalue weighted by Gasteiger charge is -2.21. The van der Waals surface area contributed by atoms with Crippen molar-refractivity contribution < 1.29 is 9.53 Å². The Labute approximate surface area is 169 Å². The van der Waals surface area contributed by atoms with E-state index < -0.39 is 0 Å². The summed E-state index contributed by atoms with van der Waals surface area (Å²) in [5.74, 6) is -0.310. The number of carbonyl (C=O) groups excluding carboxylic acids is 1. The molecule has 2 aromatic heterocycles. The van der Waals surface area contributed by atoms with Crippen LogP contribution in [0.15, 0.2) is 73.1 Å². The lowest BCUT2D eigenvalue weighted by molar-refractivity contribution is 0.0526. The van der Waals surface area contributed by atoms with E-state index in [9.17, 15) is 4.79 Å². The first-order chi connectivity index (χ1) is 14.2. The molecule has 0 bridgehead atoms. The second-order valence-electron chi connectivity index (χ2n) is 6.87. The Morgan fingerprint density at radius 1 is 1.10 bits per heavy atom. The van der Waals surface area contributed by atoms with Crippen molar-refractivity contribution in [2.75, 3.05) is 11.9 Å². The van der Waals surface area contributed by atoms with Crippen LogP contribution in [0.1, 0.15) is 40.1 Å². The summed E-state index contributed by atoms with van der Waals surface area (Å²) in [6.45, 7) is 4.25. The predicted molar refractivity (Wildman–Crippen MR) is 115 cm³/mol. The molecule has 29 heavy (non-hydrogen) atoms. The number of pyridine rings is 1. The van der Waals surface area contributed by atoms with Crippen molar-refractivity contribution in [3.8, 4) is 0 Å². The number of nitrogens with one attached hydrogen (secondary N) is 2. The smallest absolute Gasteiger partial charge is 0.338 e. The average Bonchev–Trinajstić information content (AvgIpc) is 3.09. The van der Waals surface area contributed by atoms with E-state index in [0.717, 1.165) is 22.5 Å². The second-order valence-corrected chi connectivity index (χ2v) is 6.87. The first kappa shape index (κ1) is 18.7. The van der Waals surface area contributed by atoms with Gasteiger partial charge in [0.05, 0.1) is 18.2 Å². The monoisotopic (exact) mass is 385 g/mol. The van der Waals surface area contributed by atoms with Crippen LogP contribution in [0.3, 0.4) is 0 Å². The standard InChI is InChI=1S/C24H23N3O2/c1-3-29-24(28)17-10-12-19(13-11-17)27-23(18-7-6-14-25-15-18)22-16(2)26-21-9-5-4-8-20(21)22/h4-15,23,26-27H,3H2,1-2H3/t23-/m0/s1. The van der Waals surface area contributed by atoms with Gasteiger partial charge < -0.3 is 15.0 Å². The van der Waals surface area contributed by atoms with Gasteiger partial charge in [0, 0.05) is 40.2 Å². The molecule has 146 valence electrons. The van der Waals surface area contributed by atoms with E-state index in [1.807, 2.05) is 36.5 Å². The number of fused-ring (bicyclic) bond motifs is 1. The summed E-state index contributed by atoms with van der Waals surface area (Å²) in [6.07, 6.45) is 3.66. The molecule has 0 unspecified atom stereocenters. The molecule has 0 saturated heterocycles. The third-order valence-corrected chi connectivity index (χ3v) is 4.96. The predicted octanol–water partition coefficient (Wildman–Crippen LogP) is 5.25. The summed E-state index contributed by atoms with van der Waals surface area (Å²) in [5.41, 5.74) is 5.91. The molecule has 2 heterocycles. The maximum Gasteiger partial charge on any atom is 0.338 e. The molecule has 0 aliphatic rings. The van der Waals surface area contributed by atoms with E-state index in [1.54, 1.807) is 25.3 Å². The Balaban J connectivity index is 1.73. The molecule has 0 spiro atoms. The first-order valence-electron chi connectivity index (χ1n) is 9.68. The highest BCUT2D eigenvalue weighted by molar-refractivity contribution is 5.90. The highest BCUT2D eigenvalue weighted by Gasteiger charge is 2.21. The molecule has 1 atom stereocenters. The van der Waals surface area contributed by atoms with Gasteiger partial charge in [-0.1, -0.05) is 24.3 Å². The van der Waals surface area contributed by atoms with Crippen LogP contribution in [0.2, 0.25) is 0 Å². The fourth-order valence-electron chi connectivity index (χ4n) is 3.62. The first-order valence-corrected chi connectivity index (χ1v) is 9.68. The van der Waals surface area contributed by atoms with Gasteiger partial charge in [-0.05, 0) is 55.8 Å². The molecule has 0 aliphatic heterocycles. The van der Waals surface area contributed by atoms with Crippen molar-refractivity contribution in [2.45, 2.75) is 19.9 Å². The summed E-state index contributed by atoms with van der Waals surface area (Å²) in [6, 6.07) is 19.6. The second kappa shape index (κ2) is 8.19. The number of anilines is 1. The van der Waals surface area contributed by atoms with Gasteiger partial charge in [-0.25, -0.2) is 4.79 Å². The van der Waals surface area contributed by atoms with Crippen LogP contribution < -0.4 is 5.32 Å². The Bertz CT molecular complexity index is 1120. The van der Waals surface area contributed by atoms with Gasteiger partial charge >= 0.3 is 5.97 Å². The zero-order chi connectivity index (χ0) is 20.2. The quantitative estimate of drug-likeness (QED) is 0.445. The van der Waals surface area contributed by atoms with E-state index in [4.69, 9.17) is 4.74 Å². The topological polar surface area (TPSA) is 67.0 Å². The van der Waals surface area contributed by atoms with Gasteiger partial charge in [0.2, 0.25) is 0 Å². The molecule has 2 aromatic carbocycles. The molecular formula is C24H23N3O2. The Hall–Kier alpha value is -3.60. The molecule has 2 N–H and O–H groups in total. The zero-order valence-electron chi connectivity index (χ0n) is 16.5. The maximum atomic E-state index is 11.9. The number of ether oxygens (including phenoxy) is 1. The number of para-hydroxylation sites is 1. The number of nitrogens with zero attached hydrogens (tertiary/aromatic N) is 1. The van der Waals surface area contributed by atoms with E-state index in [-0.39, 0.29) is 12.0 Å². The van der Waals surface area contributed by atoms with Crippen LogP contribution in [0.25, 0.3) is 10.9 Å². The van der Waals surface area contributed by atoms with Crippen molar-refractivity contribution in [1.82, 2.24) is 9.97 Å². The van der Waals surface area contributed by atoms with Gasteiger partial charge in [-0.2, -0.15) is 0 Å². The van der Waals surface area contributed by atoms with Crippen LogP contribution in [0.5, 0.6) is 0 Å². The average molecular weight is 385 g/mol. The number of rotatable bonds is 6. The lowest BCUT2D eigenvalue weighted by atomic mass is 9.96. The Morgan fingerprint density at radius 2 is 1.90 bits per heavy atom. The molecule has 4 aromatic rings. The van der Waals surface area contributed by atoms with Crippen molar-refractivity contribution in [1.29, 1.82) is 0 Å². The molecule has 0 radical (unpaired) electrons. The van der Waals surface area contributed by atoms with Crippen molar-refractivity contribution in [3.05, 3.63) is 95.4 Å². The van der Waals surface area contributed by atoms with Crippen LogP contribution in [0, 0.1) is 6.92 Å². The number of hydrogen-bond donors (Lipinski definition) is 2. The van der Waals surface area contributed by atoms with Crippen molar-refractivity contribution in [2.24, 2.45) is 0 Å². The molecule has 0 fully saturated rings. The summed E-state index contributed by atoms with van der Waals surface area (Å²) >= 11 is 0. The van der Waals surface area contributed by atoms with E-state index in [2.05, 4.69) is 40.4 Å². The van der Waals surface area contributed by atoms with Gasteiger partial charge in [-0.3, -0.25) is 4.98 Å². The summed E-state index contributed by atoms with van der Waals surface area (Å²) < 4.78 is 5.07. The van der Waals surface area contributed by atoms with Gasteiger partial charge in [0.25, 0.3) is 0 Å². The number of hydrogen-bond acceptors (Lipinski definition) is 4. The molecule has 5 nitrogen and oxygen atoms in total. The number of aromatic nitrogens is 2.